The normalized spacial score (nSPS) is 10.1. The Balaban J connectivity index is 2.27. The van der Waals surface area contributed by atoms with Gasteiger partial charge in [0.15, 0.2) is 0 Å². The van der Waals surface area contributed by atoms with Crippen molar-refractivity contribution in [1.82, 2.24) is 0 Å². The molecule has 0 atom stereocenters. The van der Waals surface area contributed by atoms with Gasteiger partial charge in [0.2, 0.25) is 0 Å². The number of nitrogens with one attached hydrogen (secondary N) is 1. The topological polar surface area (TPSA) is 92.5 Å². The van der Waals surface area contributed by atoms with Gasteiger partial charge < -0.3 is 10.4 Å². The Bertz CT molecular complexity index is 681. The molecule has 0 aliphatic rings. The van der Waals surface area contributed by atoms with E-state index in [1.807, 2.05) is 31.2 Å². The smallest absolute Gasteiger partial charge is 0.343 e. The van der Waals surface area contributed by atoms with Gasteiger partial charge in [-0.05, 0) is 24.6 Å². The molecule has 6 nitrogen and oxygen atoms in total. The number of carboxylic acid groups (broad SMARTS) is 1. The van der Waals surface area contributed by atoms with Crippen LogP contribution in [0.2, 0.25) is 0 Å². The van der Waals surface area contributed by atoms with Gasteiger partial charge in [-0.15, -0.1) is 0 Å². The van der Waals surface area contributed by atoms with E-state index in [0.29, 0.717) is 5.56 Å². The lowest BCUT2D eigenvalue weighted by molar-refractivity contribution is -0.385. The third-order valence-electron chi connectivity index (χ3n) is 3.07. The van der Waals surface area contributed by atoms with Crippen LogP contribution in [0.1, 0.15) is 21.5 Å². The molecular weight excluding hydrogens is 272 g/mol. The second-order valence-electron chi connectivity index (χ2n) is 4.59. The van der Waals surface area contributed by atoms with Crippen LogP contribution in [0, 0.1) is 17.0 Å². The van der Waals surface area contributed by atoms with Crippen molar-refractivity contribution in [3.63, 3.8) is 0 Å². The second kappa shape index (κ2) is 6.04. The summed E-state index contributed by atoms with van der Waals surface area (Å²) in [5, 5.41) is 23.2. The lowest BCUT2D eigenvalue weighted by Gasteiger charge is -2.09. The Morgan fingerprint density at radius 2 is 1.90 bits per heavy atom. The highest BCUT2D eigenvalue weighted by Gasteiger charge is 2.23. The minimum Gasteiger partial charge on any atom is -0.477 e. The van der Waals surface area contributed by atoms with Crippen LogP contribution in [0.5, 0.6) is 0 Å². The molecule has 2 aromatic rings. The van der Waals surface area contributed by atoms with Gasteiger partial charge in [-0.25, -0.2) is 4.79 Å². The number of hydrogen-bond acceptors (Lipinski definition) is 4. The van der Waals surface area contributed by atoms with E-state index in [2.05, 4.69) is 5.32 Å². The highest BCUT2D eigenvalue weighted by molar-refractivity contribution is 5.94. The van der Waals surface area contributed by atoms with Crippen LogP contribution in [0.15, 0.2) is 42.5 Å². The average molecular weight is 286 g/mol. The molecule has 0 aromatic heterocycles. The highest BCUT2D eigenvalue weighted by atomic mass is 16.6. The molecule has 0 saturated heterocycles. The third-order valence-corrected chi connectivity index (χ3v) is 3.07. The van der Waals surface area contributed by atoms with Gasteiger partial charge in [0, 0.05) is 18.3 Å². The van der Waals surface area contributed by atoms with Crippen molar-refractivity contribution >= 4 is 17.3 Å². The Morgan fingerprint density at radius 3 is 2.48 bits per heavy atom. The van der Waals surface area contributed by atoms with E-state index in [-0.39, 0.29) is 12.1 Å². The number of anilines is 1. The van der Waals surface area contributed by atoms with E-state index in [1.165, 1.54) is 12.1 Å². The second-order valence-corrected chi connectivity index (χ2v) is 4.59. The number of nitro benzene ring substituents is 1. The van der Waals surface area contributed by atoms with E-state index < -0.39 is 16.6 Å². The molecular formula is C15H14N2O4. The van der Waals surface area contributed by atoms with E-state index in [9.17, 15) is 20.0 Å². The van der Waals surface area contributed by atoms with Gasteiger partial charge in [0.25, 0.3) is 5.69 Å². The molecule has 2 aromatic carbocycles. The molecule has 2 N–H and O–H groups in total. The maximum atomic E-state index is 11.3. The lowest BCUT2D eigenvalue weighted by atomic mass is 10.1. The maximum Gasteiger partial charge on any atom is 0.343 e. The van der Waals surface area contributed by atoms with Gasteiger partial charge in [-0.3, -0.25) is 10.1 Å². The lowest BCUT2D eigenvalue weighted by Crippen LogP contribution is -2.10. The summed E-state index contributed by atoms with van der Waals surface area (Å²) in [6.07, 6.45) is 0. The average Bonchev–Trinajstić information content (AvgIpc) is 2.46. The Hall–Kier alpha value is -2.89. The number of carbonyl (C=O) groups is 1. The summed E-state index contributed by atoms with van der Waals surface area (Å²) in [6.45, 7) is 2.17. The highest BCUT2D eigenvalue weighted by Crippen LogP contribution is 2.23. The van der Waals surface area contributed by atoms with Gasteiger partial charge in [-0.2, -0.15) is 0 Å². The molecule has 0 spiro atoms. The molecule has 0 bridgehead atoms. The zero-order chi connectivity index (χ0) is 15.4. The number of aryl methyl sites for hydroxylation is 1. The largest absolute Gasteiger partial charge is 0.477 e. The summed E-state index contributed by atoms with van der Waals surface area (Å²) in [6, 6.07) is 11.8. The van der Waals surface area contributed by atoms with Crippen LogP contribution in [0.25, 0.3) is 0 Å². The number of nitro groups is 1. The number of aromatic carboxylic acids is 1. The first-order chi connectivity index (χ1) is 9.99. The molecule has 0 fully saturated rings. The van der Waals surface area contributed by atoms with Crippen LogP contribution >= 0.6 is 0 Å². The first-order valence-electron chi connectivity index (χ1n) is 6.29. The summed E-state index contributed by atoms with van der Waals surface area (Å²) in [7, 11) is 0. The third kappa shape index (κ3) is 3.36. The summed E-state index contributed by atoms with van der Waals surface area (Å²) >= 11 is 0. The minimum atomic E-state index is -1.30. The number of rotatable bonds is 5. The molecule has 0 aliphatic heterocycles. The molecule has 21 heavy (non-hydrogen) atoms. The molecule has 0 radical (unpaired) electrons. The summed E-state index contributed by atoms with van der Waals surface area (Å²) < 4.78 is 0. The molecule has 2 rings (SSSR count). The maximum absolute atomic E-state index is 11.3. The predicted molar refractivity (Wildman–Crippen MR) is 78.6 cm³/mol. The SMILES string of the molecule is Cc1ccc(NCc2cccc([N+](=O)[O-])c2C(=O)O)cc1. The summed E-state index contributed by atoms with van der Waals surface area (Å²) in [5.74, 6) is -1.30. The van der Waals surface area contributed by atoms with E-state index in [1.54, 1.807) is 6.07 Å². The van der Waals surface area contributed by atoms with Crippen molar-refractivity contribution in [1.29, 1.82) is 0 Å². The van der Waals surface area contributed by atoms with Crippen molar-refractivity contribution in [2.75, 3.05) is 5.32 Å². The van der Waals surface area contributed by atoms with Crippen molar-refractivity contribution in [3.05, 3.63) is 69.3 Å². The fraction of sp³-hybridized carbons (Fsp3) is 0.133. The quantitative estimate of drug-likeness (QED) is 0.650. The van der Waals surface area contributed by atoms with Crippen LogP contribution in [-0.4, -0.2) is 16.0 Å². The number of hydrogen-bond donors (Lipinski definition) is 2. The molecule has 0 aliphatic carbocycles. The van der Waals surface area contributed by atoms with Gasteiger partial charge in [-0.1, -0.05) is 29.8 Å². The van der Waals surface area contributed by atoms with Crippen LogP contribution in [-0.2, 0) is 6.54 Å². The zero-order valence-electron chi connectivity index (χ0n) is 11.4. The first-order valence-corrected chi connectivity index (χ1v) is 6.29. The van der Waals surface area contributed by atoms with Crippen LogP contribution < -0.4 is 5.32 Å². The van der Waals surface area contributed by atoms with Crippen molar-refractivity contribution in [2.45, 2.75) is 13.5 Å². The summed E-state index contributed by atoms with van der Waals surface area (Å²) in [4.78, 5) is 21.5. The molecule has 0 amide bonds. The fourth-order valence-corrected chi connectivity index (χ4v) is 2.00. The van der Waals surface area contributed by atoms with Gasteiger partial charge in [0.05, 0.1) is 4.92 Å². The monoisotopic (exact) mass is 286 g/mol. The number of benzene rings is 2. The van der Waals surface area contributed by atoms with Crippen LogP contribution in [0.3, 0.4) is 0 Å². The molecule has 0 saturated carbocycles. The molecule has 108 valence electrons. The zero-order valence-corrected chi connectivity index (χ0v) is 11.4. The van der Waals surface area contributed by atoms with Gasteiger partial charge in [0.1, 0.15) is 5.56 Å². The Kier molecular flexibility index (Phi) is 4.18. The Morgan fingerprint density at radius 1 is 1.24 bits per heavy atom. The Labute approximate surface area is 121 Å². The van der Waals surface area contributed by atoms with Gasteiger partial charge >= 0.3 is 5.97 Å². The molecule has 6 heteroatoms. The van der Waals surface area contributed by atoms with Crippen molar-refractivity contribution in [2.24, 2.45) is 0 Å². The minimum absolute atomic E-state index is 0.201. The van der Waals surface area contributed by atoms with E-state index in [4.69, 9.17) is 0 Å². The number of carboxylic acids is 1. The van der Waals surface area contributed by atoms with Crippen molar-refractivity contribution < 1.29 is 14.8 Å². The summed E-state index contributed by atoms with van der Waals surface area (Å²) in [5.41, 5.74) is 1.63. The predicted octanol–water partition coefficient (Wildman–Crippen LogP) is 3.21. The molecule has 0 unspecified atom stereocenters. The molecule has 0 heterocycles. The number of nitrogens with zero attached hydrogens (tertiary/aromatic N) is 1. The van der Waals surface area contributed by atoms with E-state index >= 15 is 0 Å². The first kappa shape index (κ1) is 14.5. The van der Waals surface area contributed by atoms with E-state index in [0.717, 1.165) is 11.3 Å². The van der Waals surface area contributed by atoms with Crippen molar-refractivity contribution in [3.8, 4) is 0 Å². The fourth-order valence-electron chi connectivity index (χ4n) is 2.00. The standard InChI is InChI=1S/C15H14N2O4/c1-10-5-7-12(8-6-10)16-9-11-3-2-4-13(17(20)21)14(11)15(18)19/h2-8,16H,9H2,1H3,(H,18,19). The van der Waals surface area contributed by atoms with Crippen LogP contribution in [0.4, 0.5) is 11.4 Å².